The van der Waals surface area contributed by atoms with E-state index in [1.807, 2.05) is 0 Å². The molecular formula is C10H12ClNO2. The number of ether oxygens (including phenoxy) is 1. The van der Waals surface area contributed by atoms with Crippen LogP contribution in [0.4, 0.5) is 0 Å². The van der Waals surface area contributed by atoms with E-state index >= 15 is 0 Å². The number of hydrogen-bond donors (Lipinski definition) is 0. The lowest BCUT2D eigenvalue weighted by Gasteiger charge is -1.98. The third-order valence-corrected chi connectivity index (χ3v) is 2.29. The average molecular weight is 214 g/mol. The molecular weight excluding hydrogens is 202 g/mol. The van der Waals surface area contributed by atoms with Gasteiger partial charge in [0.05, 0.1) is 7.11 Å². The van der Waals surface area contributed by atoms with Gasteiger partial charge in [0.1, 0.15) is 5.69 Å². The quantitative estimate of drug-likeness (QED) is 0.569. The third-order valence-electron chi connectivity index (χ3n) is 1.97. The van der Waals surface area contributed by atoms with Gasteiger partial charge in [-0.25, -0.2) is 4.79 Å². The Kier molecular flexibility index (Phi) is 3.36. The molecule has 1 heterocycles. The number of esters is 1. The molecule has 3 nitrogen and oxygen atoms in total. The average Bonchev–Trinajstić information content (AvgIpc) is 2.58. The van der Waals surface area contributed by atoms with E-state index in [0.29, 0.717) is 11.6 Å². The number of aryl methyl sites for hydroxylation is 1. The lowest BCUT2D eigenvalue weighted by Crippen LogP contribution is -2.06. The van der Waals surface area contributed by atoms with E-state index in [2.05, 4.69) is 11.3 Å². The van der Waals surface area contributed by atoms with Gasteiger partial charge in [0.2, 0.25) is 0 Å². The molecule has 1 aromatic rings. The summed E-state index contributed by atoms with van der Waals surface area (Å²) in [7, 11) is 3.13. The van der Waals surface area contributed by atoms with Crippen LogP contribution in [-0.2, 0) is 11.8 Å². The lowest BCUT2D eigenvalue weighted by molar-refractivity contribution is 0.0590. The van der Waals surface area contributed by atoms with Crippen LogP contribution in [0.3, 0.4) is 0 Å². The molecule has 0 aliphatic rings. The second-order valence-electron chi connectivity index (χ2n) is 2.95. The van der Waals surface area contributed by atoms with Gasteiger partial charge in [0.15, 0.2) is 0 Å². The van der Waals surface area contributed by atoms with Crippen molar-refractivity contribution in [1.29, 1.82) is 0 Å². The highest BCUT2D eigenvalue weighted by atomic mass is 35.5. The molecule has 4 heteroatoms. The van der Waals surface area contributed by atoms with Crippen LogP contribution in [0.15, 0.2) is 18.8 Å². The maximum atomic E-state index is 11.3. The van der Waals surface area contributed by atoms with Gasteiger partial charge in [-0.3, -0.25) is 0 Å². The first kappa shape index (κ1) is 10.9. The first-order valence-corrected chi connectivity index (χ1v) is 4.62. The van der Waals surface area contributed by atoms with Gasteiger partial charge in [0, 0.05) is 19.1 Å². The van der Waals surface area contributed by atoms with Gasteiger partial charge in [-0.15, -0.1) is 11.6 Å². The number of hydrogen-bond acceptors (Lipinski definition) is 2. The fourth-order valence-corrected chi connectivity index (χ4v) is 1.30. The first-order valence-electron chi connectivity index (χ1n) is 4.09. The first-order chi connectivity index (χ1) is 6.60. The summed E-state index contributed by atoms with van der Waals surface area (Å²) < 4.78 is 6.31. The Labute approximate surface area is 87.9 Å². The number of halogens is 1. The number of carbonyl (C=O) groups excluding carboxylic acids is 1. The van der Waals surface area contributed by atoms with E-state index in [9.17, 15) is 4.79 Å². The fourth-order valence-electron chi connectivity index (χ4n) is 1.14. The van der Waals surface area contributed by atoms with Crippen molar-refractivity contribution in [2.24, 2.45) is 7.05 Å². The largest absolute Gasteiger partial charge is 0.464 e. The van der Waals surface area contributed by atoms with Crippen molar-refractivity contribution < 1.29 is 9.53 Å². The minimum atomic E-state index is -0.360. The van der Waals surface area contributed by atoms with Crippen LogP contribution >= 0.6 is 11.6 Å². The van der Waals surface area contributed by atoms with Crippen molar-refractivity contribution in [3.63, 3.8) is 0 Å². The molecule has 14 heavy (non-hydrogen) atoms. The fraction of sp³-hybridized carbons (Fsp3) is 0.300. The summed E-state index contributed by atoms with van der Waals surface area (Å²) in [5, 5.41) is 0. The molecule has 0 saturated carbocycles. The van der Waals surface area contributed by atoms with E-state index in [4.69, 9.17) is 11.6 Å². The van der Waals surface area contributed by atoms with Crippen molar-refractivity contribution in [2.45, 2.75) is 0 Å². The van der Waals surface area contributed by atoms with Crippen LogP contribution in [0.2, 0.25) is 0 Å². The molecule has 0 N–H and O–H groups in total. The van der Waals surface area contributed by atoms with E-state index in [0.717, 1.165) is 11.1 Å². The summed E-state index contributed by atoms with van der Waals surface area (Å²) in [6.45, 7) is 3.79. The summed E-state index contributed by atoms with van der Waals surface area (Å²) in [4.78, 5) is 11.3. The highest BCUT2D eigenvalue weighted by molar-refractivity contribution is 6.23. The zero-order valence-electron chi connectivity index (χ0n) is 8.21. The van der Waals surface area contributed by atoms with Crippen LogP contribution in [0.25, 0.3) is 5.57 Å². The second-order valence-corrected chi connectivity index (χ2v) is 3.22. The molecule has 0 spiro atoms. The van der Waals surface area contributed by atoms with Crippen LogP contribution in [0.1, 0.15) is 16.1 Å². The van der Waals surface area contributed by atoms with Crippen LogP contribution < -0.4 is 0 Å². The minimum Gasteiger partial charge on any atom is -0.464 e. The molecule has 0 amide bonds. The standard InChI is InChI=1S/C10H12ClNO2/c1-7(5-11)8-4-9(10(13)14-3)12(2)6-8/h4,6H,1,5H2,2-3H3. The van der Waals surface area contributed by atoms with Gasteiger partial charge in [-0.1, -0.05) is 6.58 Å². The Hall–Kier alpha value is -1.22. The maximum absolute atomic E-state index is 11.3. The van der Waals surface area contributed by atoms with Crippen molar-refractivity contribution in [3.05, 3.63) is 30.1 Å². The van der Waals surface area contributed by atoms with Crippen molar-refractivity contribution in [2.75, 3.05) is 13.0 Å². The van der Waals surface area contributed by atoms with Crippen molar-refractivity contribution >= 4 is 23.1 Å². The van der Waals surface area contributed by atoms with E-state index in [1.54, 1.807) is 23.9 Å². The molecule has 0 aliphatic carbocycles. The van der Waals surface area contributed by atoms with Crippen LogP contribution in [0.5, 0.6) is 0 Å². The SMILES string of the molecule is C=C(CCl)c1cc(C(=O)OC)n(C)c1. The molecule has 0 atom stereocenters. The summed E-state index contributed by atoms with van der Waals surface area (Å²) in [5.74, 6) is -0.00826. The van der Waals surface area contributed by atoms with Gasteiger partial charge in [0.25, 0.3) is 0 Å². The minimum absolute atomic E-state index is 0.352. The Bertz CT molecular complexity index is 368. The summed E-state index contributed by atoms with van der Waals surface area (Å²) >= 11 is 5.64. The van der Waals surface area contributed by atoms with E-state index in [-0.39, 0.29) is 5.97 Å². The molecule has 0 unspecified atom stereocenters. The third kappa shape index (κ3) is 1.99. The number of allylic oxidation sites excluding steroid dienone is 1. The molecule has 0 fully saturated rings. The monoisotopic (exact) mass is 213 g/mol. The number of methoxy groups -OCH3 is 1. The molecule has 1 rings (SSSR count). The molecule has 0 aromatic carbocycles. The Morgan fingerprint density at radius 3 is 2.86 bits per heavy atom. The topological polar surface area (TPSA) is 31.2 Å². The molecule has 0 saturated heterocycles. The normalized spacial score (nSPS) is 9.93. The van der Waals surface area contributed by atoms with Gasteiger partial charge in [-0.2, -0.15) is 0 Å². The lowest BCUT2D eigenvalue weighted by atomic mass is 10.2. The highest BCUT2D eigenvalue weighted by Gasteiger charge is 2.12. The predicted molar refractivity (Wildman–Crippen MR) is 56.5 cm³/mol. The molecule has 0 radical (unpaired) electrons. The summed E-state index contributed by atoms with van der Waals surface area (Å²) in [6, 6.07) is 1.72. The van der Waals surface area contributed by atoms with Crippen LogP contribution in [-0.4, -0.2) is 23.5 Å². The zero-order chi connectivity index (χ0) is 10.7. The molecule has 0 aliphatic heterocycles. The number of rotatable bonds is 3. The second kappa shape index (κ2) is 4.33. The zero-order valence-corrected chi connectivity index (χ0v) is 8.97. The van der Waals surface area contributed by atoms with Crippen molar-refractivity contribution in [1.82, 2.24) is 4.57 Å². The Morgan fingerprint density at radius 1 is 1.71 bits per heavy atom. The molecule has 0 bridgehead atoms. The highest BCUT2D eigenvalue weighted by Crippen LogP contribution is 2.17. The van der Waals surface area contributed by atoms with E-state index in [1.165, 1.54) is 7.11 Å². The Morgan fingerprint density at radius 2 is 2.36 bits per heavy atom. The van der Waals surface area contributed by atoms with Gasteiger partial charge in [-0.05, 0) is 17.2 Å². The predicted octanol–water partition coefficient (Wildman–Crippen LogP) is 2.06. The number of alkyl halides is 1. The smallest absolute Gasteiger partial charge is 0.354 e. The van der Waals surface area contributed by atoms with E-state index < -0.39 is 0 Å². The number of nitrogens with zero attached hydrogens (tertiary/aromatic N) is 1. The molecule has 1 aromatic heterocycles. The van der Waals surface area contributed by atoms with Crippen molar-refractivity contribution in [3.8, 4) is 0 Å². The van der Waals surface area contributed by atoms with Crippen LogP contribution in [0, 0.1) is 0 Å². The number of carbonyl (C=O) groups is 1. The van der Waals surface area contributed by atoms with Gasteiger partial charge < -0.3 is 9.30 Å². The summed E-state index contributed by atoms with van der Waals surface area (Å²) in [5.41, 5.74) is 2.15. The number of aromatic nitrogens is 1. The van der Waals surface area contributed by atoms with Gasteiger partial charge >= 0.3 is 5.97 Å². The maximum Gasteiger partial charge on any atom is 0.354 e. The Balaban J connectivity index is 3.05. The summed E-state index contributed by atoms with van der Waals surface area (Å²) in [6.07, 6.45) is 1.80. The molecule has 76 valence electrons.